The van der Waals surface area contributed by atoms with Crippen LogP contribution >= 0.6 is 0 Å². The van der Waals surface area contributed by atoms with Gasteiger partial charge in [-0.1, -0.05) is 25.0 Å². The molecule has 0 rings (SSSR count). The Kier molecular flexibility index (Phi) is 6.61. The lowest BCUT2D eigenvalue weighted by atomic mass is 10.1. The van der Waals surface area contributed by atoms with Gasteiger partial charge >= 0.3 is 0 Å². The Morgan fingerprint density at radius 2 is 2.10 bits per heavy atom. The second kappa shape index (κ2) is 6.81. The lowest BCUT2D eigenvalue weighted by Gasteiger charge is -2.02. The van der Waals surface area contributed by atoms with E-state index in [0.29, 0.717) is 0 Å². The van der Waals surface area contributed by atoms with Crippen LogP contribution in [-0.2, 0) is 0 Å². The highest BCUT2D eigenvalue weighted by Crippen LogP contribution is 2.10. The van der Waals surface area contributed by atoms with Crippen molar-refractivity contribution in [1.82, 2.24) is 0 Å². The average Bonchev–Trinajstić information content (AvgIpc) is 1.98. The predicted molar refractivity (Wildman–Crippen MR) is 47.0 cm³/mol. The van der Waals surface area contributed by atoms with Gasteiger partial charge < -0.3 is 5.73 Å². The minimum absolute atomic E-state index is 0.820. The zero-order valence-electron chi connectivity index (χ0n) is 7.19. The van der Waals surface area contributed by atoms with Crippen molar-refractivity contribution < 1.29 is 0 Å². The fourth-order valence-electron chi connectivity index (χ4n) is 1.06. The van der Waals surface area contributed by atoms with Gasteiger partial charge in [0.2, 0.25) is 0 Å². The van der Waals surface area contributed by atoms with Crippen LogP contribution < -0.4 is 5.73 Å². The lowest BCUT2D eigenvalue weighted by molar-refractivity contribution is 0.764. The highest BCUT2D eigenvalue weighted by atomic mass is 14.5. The fourth-order valence-corrected chi connectivity index (χ4v) is 1.06. The van der Waals surface area contributed by atoms with Crippen molar-refractivity contribution >= 4 is 0 Å². The van der Waals surface area contributed by atoms with Crippen LogP contribution in [0.4, 0.5) is 0 Å². The summed E-state index contributed by atoms with van der Waals surface area (Å²) in [6, 6.07) is 0. The molecule has 0 aromatic rings. The molecule has 0 aromatic carbocycles. The third kappa shape index (κ3) is 4.57. The van der Waals surface area contributed by atoms with E-state index in [1.54, 1.807) is 5.57 Å². The SMILES string of the molecule is CC=C(CCC)CCCN. The standard InChI is InChI=1S/C9H19N/c1-3-6-9(4-2)7-5-8-10/h4H,3,5-8,10H2,1-2H3. The summed E-state index contributed by atoms with van der Waals surface area (Å²) in [7, 11) is 0. The topological polar surface area (TPSA) is 26.0 Å². The molecule has 0 amide bonds. The normalized spacial score (nSPS) is 12.1. The van der Waals surface area contributed by atoms with Crippen LogP contribution in [0.3, 0.4) is 0 Å². The summed E-state index contributed by atoms with van der Waals surface area (Å²) in [5.41, 5.74) is 6.96. The zero-order valence-corrected chi connectivity index (χ0v) is 7.19. The van der Waals surface area contributed by atoms with Gasteiger partial charge in [-0.3, -0.25) is 0 Å². The van der Waals surface area contributed by atoms with Crippen molar-refractivity contribution in [1.29, 1.82) is 0 Å². The average molecular weight is 141 g/mol. The molecule has 0 fully saturated rings. The molecule has 0 heterocycles. The lowest BCUT2D eigenvalue weighted by Crippen LogP contribution is -1.98. The van der Waals surface area contributed by atoms with Crippen molar-refractivity contribution in [3.05, 3.63) is 11.6 Å². The molecule has 0 aliphatic rings. The van der Waals surface area contributed by atoms with Gasteiger partial charge in [0, 0.05) is 0 Å². The Morgan fingerprint density at radius 3 is 2.50 bits per heavy atom. The maximum absolute atomic E-state index is 5.40. The zero-order chi connectivity index (χ0) is 7.82. The van der Waals surface area contributed by atoms with Crippen molar-refractivity contribution in [3.63, 3.8) is 0 Å². The molecular formula is C9H19N. The maximum atomic E-state index is 5.40. The number of hydrogen-bond donors (Lipinski definition) is 1. The van der Waals surface area contributed by atoms with Crippen LogP contribution in [0.5, 0.6) is 0 Å². The Morgan fingerprint density at radius 1 is 1.40 bits per heavy atom. The van der Waals surface area contributed by atoms with Gasteiger partial charge in [0.1, 0.15) is 0 Å². The number of hydrogen-bond acceptors (Lipinski definition) is 1. The molecule has 10 heavy (non-hydrogen) atoms. The van der Waals surface area contributed by atoms with E-state index < -0.39 is 0 Å². The van der Waals surface area contributed by atoms with E-state index in [9.17, 15) is 0 Å². The van der Waals surface area contributed by atoms with Crippen molar-refractivity contribution in [3.8, 4) is 0 Å². The first-order chi connectivity index (χ1) is 4.85. The quantitative estimate of drug-likeness (QED) is 0.585. The molecule has 0 atom stereocenters. The Labute approximate surface area is 64.3 Å². The van der Waals surface area contributed by atoms with Gasteiger partial charge in [0.25, 0.3) is 0 Å². The Hall–Kier alpha value is -0.300. The van der Waals surface area contributed by atoms with Crippen LogP contribution in [0.2, 0.25) is 0 Å². The van der Waals surface area contributed by atoms with E-state index in [-0.39, 0.29) is 0 Å². The molecule has 0 spiro atoms. The van der Waals surface area contributed by atoms with E-state index in [2.05, 4.69) is 19.9 Å². The van der Waals surface area contributed by atoms with Crippen LogP contribution in [0.1, 0.15) is 39.5 Å². The number of allylic oxidation sites excluding steroid dienone is 2. The molecular weight excluding hydrogens is 122 g/mol. The van der Waals surface area contributed by atoms with E-state index in [0.717, 1.165) is 13.0 Å². The van der Waals surface area contributed by atoms with Gasteiger partial charge in [-0.15, -0.1) is 0 Å². The van der Waals surface area contributed by atoms with E-state index in [1.807, 2.05) is 0 Å². The third-order valence-electron chi connectivity index (χ3n) is 1.68. The van der Waals surface area contributed by atoms with Gasteiger partial charge in [-0.25, -0.2) is 0 Å². The molecule has 1 heteroatoms. The summed E-state index contributed by atoms with van der Waals surface area (Å²) >= 11 is 0. The van der Waals surface area contributed by atoms with Gasteiger partial charge in [-0.05, 0) is 32.7 Å². The highest BCUT2D eigenvalue weighted by molar-refractivity contribution is 4.99. The summed E-state index contributed by atoms with van der Waals surface area (Å²) < 4.78 is 0. The van der Waals surface area contributed by atoms with Crippen LogP contribution in [0, 0.1) is 0 Å². The molecule has 60 valence electrons. The van der Waals surface area contributed by atoms with Gasteiger partial charge in [-0.2, -0.15) is 0 Å². The number of nitrogens with two attached hydrogens (primary N) is 1. The summed E-state index contributed by atoms with van der Waals surface area (Å²) in [6.07, 6.45) is 7.06. The first kappa shape index (κ1) is 9.70. The van der Waals surface area contributed by atoms with E-state index >= 15 is 0 Å². The Bertz CT molecular complexity index is 94.9. The molecule has 0 saturated heterocycles. The Balaban J connectivity index is 3.41. The van der Waals surface area contributed by atoms with Crippen molar-refractivity contribution in [2.75, 3.05) is 6.54 Å². The molecule has 2 N–H and O–H groups in total. The molecule has 0 aliphatic heterocycles. The smallest absolute Gasteiger partial charge is 0.00742 e. The molecule has 0 saturated carbocycles. The van der Waals surface area contributed by atoms with Crippen molar-refractivity contribution in [2.24, 2.45) is 5.73 Å². The third-order valence-corrected chi connectivity index (χ3v) is 1.68. The second-order valence-electron chi connectivity index (χ2n) is 2.59. The monoisotopic (exact) mass is 141 g/mol. The number of rotatable bonds is 5. The highest BCUT2D eigenvalue weighted by Gasteiger charge is 1.92. The van der Waals surface area contributed by atoms with E-state index in [4.69, 9.17) is 5.73 Å². The summed E-state index contributed by atoms with van der Waals surface area (Å²) in [5, 5.41) is 0. The van der Waals surface area contributed by atoms with Crippen LogP contribution in [0.15, 0.2) is 11.6 Å². The molecule has 0 aliphatic carbocycles. The minimum atomic E-state index is 0.820. The molecule has 0 unspecified atom stereocenters. The van der Waals surface area contributed by atoms with Gasteiger partial charge in [0.15, 0.2) is 0 Å². The van der Waals surface area contributed by atoms with E-state index in [1.165, 1.54) is 19.3 Å². The summed E-state index contributed by atoms with van der Waals surface area (Å²) in [6.45, 7) is 5.15. The minimum Gasteiger partial charge on any atom is -0.330 e. The largest absolute Gasteiger partial charge is 0.330 e. The molecule has 0 radical (unpaired) electrons. The van der Waals surface area contributed by atoms with Crippen LogP contribution in [0.25, 0.3) is 0 Å². The predicted octanol–water partition coefficient (Wildman–Crippen LogP) is 2.47. The maximum Gasteiger partial charge on any atom is -0.00742 e. The van der Waals surface area contributed by atoms with Gasteiger partial charge in [0.05, 0.1) is 0 Å². The van der Waals surface area contributed by atoms with Crippen molar-refractivity contribution in [2.45, 2.75) is 39.5 Å². The first-order valence-corrected chi connectivity index (χ1v) is 4.19. The first-order valence-electron chi connectivity index (χ1n) is 4.19. The molecule has 0 aromatic heterocycles. The fraction of sp³-hybridized carbons (Fsp3) is 0.778. The molecule has 0 bridgehead atoms. The second-order valence-corrected chi connectivity index (χ2v) is 2.59. The van der Waals surface area contributed by atoms with Crippen LogP contribution in [-0.4, -0.2) is 6.54 Å². The molecule has 1 nitrogen and oxygen atoms in total. The summed E-state index contributed by atoms with van der Waals surface area (Å²) in [4.78, 5) is 0. The summed E-state index contributed by atoms with van der Waals surface area (Å²) in [5.74, 6) is 0.